The zero-order valence-electron chi connectivity index (χ0n) is 19.4. The number of aryl methyl sites for hydroxylation is 2. The van der Waals surface area contributed by atoms with Crippen molar-refractivity contribution >= 4 is 22.7 Å². The van der Waals surface area contributed by atoms with E-state index in [1.165, 1.54) is 0 Å². The van der Waals surface area contributed by atoms with Gasteiger partial charge in [-0.2, -0.15) is 4.98 Å². The van der Waals surface area contributed by atoms with E-state index in [1.54, 1.807) is 6.33 Å². The van der Waals surface area contributed by atoms with Crippen molar-refractivity contribution in [2.75, 3.05) is 0 Å². The molecule has 0 aliphatic heterocycles. The summed E-state index contributed by atoms with van der Waals surface area (Å²) in [4.78, 5) is 18.5. The molecular weight excluding hydrogens is 404 g/mol. The average Bonchev–Trinajstić information content (AvgIpc) is 3.30. The molecule has 1 aliphatic carbocycles. The van der Waals surface area contributed by atoms with Gasteiger partial charge in [0.2, 0.25) is 5.82 Å². The van der Waals surface area contributed by atoms with Gasteiger partial charge in [-0.1, -0.05) is 31.3 Å². The molecule has 4 rings (SSSR count). The van der Waals surface area contributed by atoms with Crippen LogP contribution in [-0.2, 0) is 6.54 Å². The standard InChI is InChI=1S/C24H30N6O2/c1-6-16(3)26-22-21-23(30(14-25-21)13-19-17(4)29-32-18(19)5)28-20(27-22)9-11-24(31)10-7-8-15(2)12-24/h14-15,31H,6-8,10,12-13H2,1-5H3/b26-16-/t15-,24-/m1/s1. The molecule has 0 saturated heterocycles. The van der Waals surface area contributed by atoms with Gasteiger partial charge in [0.1, 0.15) is 11.4 Å². The summed E-state index contributed by atoms with van der Waals surface area (Å²) in [6.45, 7) is 10.5. The topological polar surface area (TPSA) is 102 Å². The normalized spacial score (nSPS) is 21.6. The molecule has 0 amide bonds. The van der Waals surface area contributed by atoms with Gasteiger partial charge >= 0.3 is 0 Å². The van der Waals surface area contributed by atoms with Crippen LogP contribution >= 0.6 is 0 Å². The van der Waals surface area contributed by atoms with E-state index in [9.17, 15) is 5.11 Å². The van der Waals surface area contributed by atoms with Crippen LogP contribution < -0.4 is 0 Å². The summed E-state index contributed by atoms with van der Waals surface area (Å²) in [7, 11) is 0. The molecule has 1 N–H and O–H groups in total. The first-order valence-corrected chi connectivity index (χ1v) is 11.2. The van der Waals surface area contributed by atoms with Crippen molar-refractivity contribution in [2.45, 2.75) is 78.9 Å². The summed E-state index contributed by atoms with van der Waals surface area (Å²) < 4.78 is 7.24. The number of fused-ring (bicyclic) bond motifs is 1. The first-order chi connectivity index (χ1) is 15.3. The minimum Gasteiger partial charge on any atom is -0.378 e. The molecule has 3 aromatic heterocycles. The van der Waals surface area contributed by atoms with E-state index in [0.29, 0.717) is 48.1 Å². The molecule has 3 heterocycles. The number of hydrogen-bond donors (Lipinski definition) is 1. The van der Waals surface area contributed by atoms with Crippen LogP contribution in [0.3, 0.4) is 0 Å². The summed E-state index contributed by atoms with van der Waals surface area (Å²) in [5.74, 6) is 8.16. The highest BCUT2D eigenvalue weighted by Gasteiger charge is 2.30. The van der Waals surface area contributed by atoms with Crippen molar-refractivity contribution < 1.29 is 9.63 Å². The fraction of sp³-hybridized carbons (Fsp3) is 0.542. The molecule has 2 atom stereocenters. The van der Waals surface area contributed by atoms with Crippen LogP contribution in [0.2, 0.25) is 0 Å². The minimum absolute atomic E-state index is 0.340. The van der Waals surface area contributed by atoms with Crippen LogP contribution in [0.4, 0.5) is 5.82 Å². The minimum atomic E-state index is -0.990. The molecule has 1 saturated carbocycles. The van der Waals surface area contributed by atoms with Gasteiger partial charge in [-0.15, -0.1) is 0 Å². The van der Waals surface area contributed by atoms with Gasteiger partial charge in [-0.05, 0) is 58.3 Å². The summed E-state index contributed by atoms with van der Waals surface area (Å²) in [5, 5.41) is 15.0. The molecular formula is C24H30N6O2. The number of hydrogen-bond acceptors (Lipinski definition) is 7. The van der Waals surface area contributed by atoms with Crippen molar-refractivity contribution in [1.82, 2.24) is 24.7 Å². The van der Waals surface area contributed by atoms with Gasteiger partial charge < -0.3 is 14.2 Å². The van der Waals surface area contributed by atoms with E-state index in [-0.39, 0.29) is 0 Å². The smallest absolute Gasteiger partial charge is 0.209 e. The Kier molecular flexibility index (Phi) is 6.11. The molecule has 0 radical (unpaired) electrons. The second kappa shape index (κ2) is 8.83. The van der Waals surface area contributed by atoms with Crippen LogP contribution in [0.15, 0.2) is 15.8 Å². The van der Waals surface area contributed by atoms with Crippen molar-refractivity contribution in [3.8, 4) is 11.8 Å². The lowest BCUT2D eigenvalue weighted by Crippen LogP contribution is -2.32. The van der Waals surface area contributed by atoms with E-state index < -0.39 is 5.60 Å². The summed E-state index contributed by atoms with van der Waals surface area (Å²) in [5.41, 5.74) is 3.07. The van der Waals surface area contributed by atoms with Gasteiger partial charge in [0.25, 0.3) is 0 Å². The van der Waals surface area contributed by atoms with Gasteiger partial charge in [0.15, 0.2) is 17.0 Å². The van der Waals surface area contributed by atoms with E-state index in [1.807, 2.05) is 32.3 Å². The first kappa shape index (κ1) is 22.2. The second-order valence-corrected chi connectivity index (χ2v) is 8.90. The predicted molar refractivity (Wildman–Crippen MR) is 123 cm³/mol. The molecule has 8 heteroatoms. The molecule has 1 fully saturated rings. The lowest BCUT2D eigenvalue weighted by atomic mass is 9.79. The Morgan fingerprint density at radius 1 is 1.38 bits per heavy atom. The number of nitrogens with zero attached hydrogens (tertiary/aromatic N) is 6. The molecule has 1 aliphatic rings. The number of aliphatic imine (C=N–C) groups is 1. The third kappa shape index (κ3) is 4.58. The maximum atomic E-state index is 10.9. The Balaban J connectivity index is 1.79. The maximum absolute atomic E-state index is 10.9. The summed E-state index contributed by atoms with van der Waals surface area (Å²) in [6.07, 6.45) is 6.00. The number of imidazole rings is 1. The van der Waals surface area contributed by atoms with Crippen LogP contribution in [0, 0.1) is 31.6 Å². The highest BCUT2D eigenvalue weighted by molar-refractivity contribution is 5.89. The van der Waals surface area contributed by atoms with Crippen LogP contribution in [0.1, 0.15) is 75.7 Å². The number of aliphatic hydroxyl groups is 1. The van der Waals surface area contributed by atoms with Crippen LogP contribution in [0.5, 0.6) is 0 Å². The SMILES string of the molecule is CC/C(C)=N\c1nc(C#C[C@]2(O)CCC[C@@H](C)C2)nc2c1ncn2Cc1c(C)noc1C. The lowest BCUT2D eigenvalue weighted by Gasteiger charge is -2.30. The van der Waals surface area contributed by atoms with Crippen molar-refractivity contribution in [1.29, 1.82) is 0 Å². The Bertz CT molecular complexity index is 1210. The van der Waals surface area contributed by atoms with E-state index in [4.69, 9.17) is 4.52 Å². The summed E-state index contributed by atoms with van der Waals surface area (Å²) in [6, 6.07) is 0. The summed E-state index contributed by atoms with van der Waals surface area (Å²) >= 11 is 0. The van der Waals surface area contributed by atoms with E-state index in [0.717, 1.165) is 42.0 Å². The Morgan fingerprint density at radius 3 is 2.88 bits per heavy atom. The van der Waals surface area contributed by atoms with Crippen molar-refractivity contribution in [2.24, 2.45) is 10.9 Å². The van der Waals surface area contributed by atoms with Gasteiger partial charge in [0, 0.05) is 11.3 Å². The largest absolute Gasteiger partial charge is 0.378 e. The van der Waals surface area contributed by atoms with E-state index >= 15 is 0 Å². The Hall–Kier alpha value is -3.05. The van der Waals surface area contributed by atoms with Crippen LogP contribution in [0.25, 0.3) is 11.2 Å². The Morgan fingerprint density at radius 2 is 2.19 bits per heavy atom. The number of rotatable bonds is 4. The quantitative estimate of drug-likeness (QED) is 0.486. The third-order valence-corrected chi connectivity index (χ3v) is 6.14. The zero-order valence-corrected chi connectivity index (χ0v) is 19.4. The van der Waals surface area contributed by atoms with Crippen molar-refractivity contribution in [3.63, 3.8) is 0 Å². The average molecular weight is 435 g/mol. The molecule has 8 nitrogen and oxygen atoms in total. The third-order valence-electron chi connectivity index (χ3n) is 6.14. The van der Waals surface area contributed by atoms with Crippen LogP contribution in [-0.4, -0.2) is 41.1 Å². The molecule has 168 valence electrons. The highest BCUT2D eigenvalue weighted by atomic mass is 16.5. The fourth-order valence-electron chi connectivity index (χ4n) is 4.15. The molecule has 32 heavy (non-hydrogen) atoms. The molecule has 0 unspecified atom stereocenters. The first-order valence-electron chi connectivity index (χ1n) is 11.2. The highest BCUT2D eigenvalue weighted by Crippen LogP contribution is 2.31. The molecule has 0 spiro atoms. The van der Waals surface area contributed by atoms with Gasteiger partial charge in [0.05, 0.1) is 18.6 Å². The lowest BCUT2D eigenvalue weighted by molar-refractivity contribution is 0.0410. The monoisotopic (exact) mass is 434 g/mol. The second-order valence-electron chi connectivity index (χ2n) is 8.90. The molecule has 3 aromatic rings. The van der Waals surface area contributed by atoms with E-state index in [2.05, 4.69) is 43.9 Å². The zero-order chi connectivity index (χ0) is 22.9. The van der Waals surface area contributed by atoms with Gasteiger partial charge in [-0.3, -0.25) is 0 Å². The predicted octanol–water partition coefficient (Wildman–Crippen LogP) is 4.27. The molecule has 0 bridgehead atoms. The maximum Gasteiger partial charge on any atom is 0.209 e. The number of aromatic nitrogens is 5. The van der Waals surface area contributed by atoms with Crippen molar-refractivity contribution in [3.05, 3.63) is 29.2 Å². The van der Waals surface area contributed by atoms with Gasteiger partial charge in [-0.25, -0.2) is 15.0 Å². The fourth-order valence-corrected chi connectivity index (χ4v) is 4.15. The Labute approximate surface area is 188 Å². The molecule has 0 aromatic carbocycles.